The van der Waals surface area contributed by atoms with Crippen LogP contribution < -0.4 is 0 Å². The number of pyridine rings is 3. The van der Waals surface area contributed by atoms with Gasteiger partial charge in [-0.1, -0.05) is 70.6 Å². The van der Waals surface area contributed by atoms with Crippen molar-refractivity contribution in [3.63, 3.8) is 0 Å². The fourth-order valence-electron chi connectivity index (χ4n) is 6.59. The summed E-state index contributed by atoms with van der Waals surface area (Å²) < 4.78 is 134. The van der Waals surface area contributed by atoms with E-state index in [0.717, 1.165) is 24.4 Å². The van der Waals surface area contributed by atoms with E-state index in [1.807, 2.05) is 0 Å². The molecular weight excluding hydrogens is 906 g/mol. The van der Waals surface area contributed by atoms with Crippen LogP contribution >= 0.6 is 0 Å². The Morgan fingerprint density at radius 2 is 1.14 bits per heavy atom. The normalized spacial score (nSPS) is 15.7. The Morgan fingerprint density at radius 3 is 1.68 bits per heavy atom. The van der Waals surface area contributed by atoms with Gasteiger partial charge in [0, 0.05) is 40.4 Å². The summed E-state index contributed by atoms with van der Waals surface area (Å²) in [4.78, 5) is 13.3. The third kappa shape index (κ3) is 8.85. The second-order valence-corrected chi connectivity index (χ2v) is 13.6. The summed E-state index contributed by atoms with van der Waals surface area (Å²) in [5, 5.41) is 0.732. The molecule has 0 aliphatic heterocycles. The summed E-state index contributed by atoms with van der Waals surface area (Å²) in [6.45, 7) is 3.18. The number of hydrogen-bond acceptors (Lipinski definition) is 4. The number of benzene rings is 5. The van der Waals surface area contributed by atoms with Gasteiger partial charge in [0.05, 0.1) is 5.58 Å². The van der Waals surface area contributed by atoms with Crippen LogP contribution in [0.2, 0.25) is 0 Å². The van der Waals surface area contributed by atoms with Crippen molar-refractivity contribution in [2.45, 2.75) is 52.1 Å². The van der Waals surface area contributed by atoms with Crippen LogP contribution in [-0.2, 0) is 58.3 Å². The predicted molar refractivity (Wildman–Crippen MR) is 231 cm³/mol. The van der Waals surface area contributed by atoms with Crippen molar-refractivity contribution >= 4 is 21.9 Å². The molecule has 0 atom stereocenters. The Bertz CT molecular complexity index is 3310. The second-order valence-electron chi connectivity index (χ2n) is 13.6. The first-order valence-electron chi connectivity index (χ1n) is 24.5. The number of halogens is 1. The molecule has 6 heteroatoms. The molecule has 0 radical (unpaired) electrons. The van der Waals surface area contributed by atoms with E-state index in [0.29, 0.717) is 50.2 Å². The van der Waals surface area contributed by atoms with Gasteiger partial charge in [0.1, 0.15) is 11.4 Å². The van der Waals surface area contributed by atoms with Crippen molar-refractivity contribution < 1.29 is 45.4 Å². The standard InChI is InChI=1S/C53H41FN3O.Ir/c1-35-27-49(41-11-5-3-6-12-41)56-33-43(35)24-21-39-29-38(30-40(31-39)22-25-44-34-57-50(28-36(44)2)42-13-7-4-8-14-42)20-19-37-23-26-48(55-32-37)45-15-9-16-46-52-47(54)17-10-18-51(52)58-53(45)46;/h3-11,13,16-18,23,26-34H,19-22,24-25H2,1-2H3;/q-3;+3/i19D2,20D2,21D2,22D2,24D2,25D2;. The molecule has 4 nitrogen and oxygen atoms in total. The summed E-state index contributed by atoms with van der Waals surface area (Å²) in [5.74, 6) is -0.486. The first-order chi connectivity index (χ1) is 33.0. The summed E-state index contributed by atoms with van der Waals surface area (Å²) in [6, 6.07) is 39.7. The fourth-order valence-corrected chi connectivity index (χ4v) is 6.59. The van der Waals surface area contributed by atoms with Gasteiger partial charge in [-0.3, -0.25) is 0 Å². The molecule has 0 amide bonds. The van der Waals surface area contributed by atoms with E-state index in [2.05, 4.69) is 33.2 Å². The summed E-state index contributed by atoms with van der Waals surface area (Å²) in [6.07, 6.45) is -14.7. The zero-order valence-electron chi connectivity index (χ0n) is 43.7. The van der Waals surface area contributed by atoms with E-state index in [1.165, 1.54) is 36.7 Å². The van der Waals surface area contributed by atoms with Crippen LogP contribution in [0.1, 0.15) is 61.0 Å². The molecule has 0 aliphatic carbocycles. The number of aromatic nitrogens is 3. The molecule has 0 fully saturated rings. The van der Waals surface area contributed by atoms with Gasteiger partial charge in [-0.2, -0.15) is 0 Å². The van der Waals surface area contributed by atoms with Crippen molar-refractivity contribution in [3.8, 4) is 33.8 Å². The molecule has 0 spiro atoms. The van der Waals surface area contributed by atoms with E-state index < -0.39 is 60.7 Å². The molecule has 9 rings (SSSR count). The van der Waals surface area contributed by atoms with Gasteiger partial charge in [0.25, 0.3) is 0 Å². The molecule has 59 heavy (non-hydrogen) atoms. The maximum atomic E-state index is 14.9. The number of hydrogen-bond donors (Lipinski definition) is 0. The number of aryl methyl sites for hydroxylation is 8. The maximum Gasteiger partial charge on any atom is 3.00 e. The Hall–Kier alpha value is -6.07. The zero-order valence-corrected chi connectivity index (χ0v) is 34.1. The minimum Gasteiger partial charge on any atom is -0.500 e. The van der Waals surface area contributed by atoms with Crippen molar-refractivity contribution in [1.29, 1.82) is 0 Å². The van der Waals surface area contributed by atoms with Crippen LogP contribution in [0.15, 0.2) is 144 Å². The fraction of sp³-hybridized carbons (Fsp3) is 0.151. The van der Waals surface area contributed by atoms with Crippen molar-refractivity contribution in [2.24, 2.45) is 0 Å². The summed E-state index contributed by atoms with van der Waals surface area (Å²) in [7, 11) is 0. The van der Waals surface area contributed by atoms with Gasteiger partial charge < -0.3 is 19.4 Å². The molecule has 0 bridgehead atoms. The third-order valence-corrected chi connectivity index (χ3v) is 9.58. The van der Waals surface area contributed by atoms with Crippen LogP contribution in [-0.4, -0.2) is 15.0 Å². The van der Waals surface area contributed by atoms with E-state index in [-0.39, 0.29) is 53.5 Å². The van der Waals surface area contributed by atoms with Gasteiger partial charge in [-0.15, -0.1) is 90.0 Å². The van der Waals surface area contributed by atoms with Gasteiger partial charge >= 0.3 is 20.1 Å². The molecular formula is C53H41FIrN3O. The summed E-state index contributed by atoms with van der Waals surface area (Å²) >= 11 is 0. The van der Waals surface area contributed by atoms with E-state index in [9.17, 15) is 20.8 Å². The van der Waals surface area contributed by atoms with Gasteiger partial charge in [-0.25, -0.2) is 4.39 Å². The minimum absolute atomic E-state index is 0. The van der Waals surface area contributed by atoms with Crippen molar-refractivity contribution in [3.05, 3.63) is 208 Å². The predicted octanol–water partition coefficient (Wildman–Crippen LogP) is 12.3. The Kier molecular flexibility index (Phi) is 8.33. The molecule has 9 aromatic rings. The molecule has 290 valence electrons. The largest absolute Gasteiger partial charge is 3.00 e. The maximum absolute atomic E-state index is 14.9. The molecule has 0 saturated heterocycles. The molecule has 4 heterocycles. The van der Waals surface area contributed by atoms with Crippen molar-refractivity contribution in [2.75, 3.05) is 0 Å². The quantitative estimate of drug-likeness (QED) is 0.115. The van der Waals surface area contributed by atoms with Crippen LogP contribution in [0, 0.1) is 37.9 Å². The number of furan rings is 1. The monoisotopic (exact) mass is 959 g/mol. The molecule has 0 saturated carbocycles. The van der Waals surface area contributed by atoms with Crippen LogP contribution in [0.3, 0.4) is 0 Å². The first-order valence-corrected chi connectivity index (χ1v) is 18.5. The molecule has 4 aromatic heterocycles. The topological polar surface area (TPSA) is 51.8 Å². The van der Waals surface area contributed by atoms with E-state index >= 15 is 0 Å². The Balaban J connectivity index is 0.00000676. The third-order valence-electron chi connectivity index (χ3n) is 9.58. The Morgan fingerprint density at radius 1 is 0.559 bits per heavy atom. The zero-order chi connectivity index (χ0) is 50.2. The molecule has 5 aromatic carbocycles. The molecule has 0 aliphatic rings. The Labute approximate surface area is 375 Å². The van der Waals surface area contributed by atoms with Crippen molar-refractivity contribution in [1.82, 2.24) is 15.0 Å². The molecule has 0 N–H and O–H groups in total. The second kappa shape index (κ2) is 17.8. The minimum atomic E-state index is -3.15. The first kappa shape index (κ1) is 27.6. The average molecular weight is 959 g/mol. The summed E-state index contributed by atoms with van der Waals surface area (Å²) in [5.41, 5.74) is 1.57. The SMILES string of the molecule is [2H]C([2H])(c1ccc(-c2[c-]ccc3c2oc2cccc(F)c23)nc1)C([2H])([2H])c1cc(C([2H])([2H])C([2H])([2H])c2cnc(-c3[c-]cccc3)cc2C)cc(C([2H])([2H])C([2H])([2H])c2cnc(-c3[c-]cccc3)cc2C)c1.[Ir+3]. The molecule has 0 unspecified atom stereocenters. The van der Waals surface area contributed by atoms with Gasteiger partial charge in [0.15, 0.2) is 0 Å². The number of rotatable bonds is 12. The number of fused-ring (bicyclic) bond motifs is 3. The van der Waals surface area contributed by atoms with Crippen LogP contribution in [0.4, 0.5) is 4.39 Å². The van der Waals surface area contributed by atoms with Gasteiger partial charge in [0.2, 0.25) is 0 Å². The van der Waals surface area contributed by atoms with E-state index in [1.54, 1.807) is 92.7 Å². The van der Waals surface area contributed by atoms with E-state index in [4.69, 9.17) is 4.42 Å². The van der Waals surface area contributed by atoms with Gasteiger partial charge in [-0.05, 0) is 115 Å². The average Bonchev–Trinajstić information content (AvgIpc) is 3.74. The van der Waals surface area contributed by atoms with Crippen LogP contribution in [0.25, 0.3) is 55.7 Å². The number of nitrogens with zero attached hydrogens (tertiary/aromatic N) is 3. The smallest absolute Gasteiger partial charge is 0.500 e. The van der Waals surface area contributed by atoms with Crippen LogP contribution in [0.5, 0.6) is 0 Å².